The molecule has 0 aromatic rings. The smallest absolute Gasteiger partial charge is 0.222 e. The number of nitrogens with zero attached hydrogens (tertiary/aromatic N) is 2. The molecule has 80 valence electrons. The fraction of sp³-hybridized carbons (Fsp3) is 0.909. The van der Waals surface area contributed by atoms with Gasteiger partial charge in [-0.2, -0.15) is 0 Å². The first kappa shape index (κ1) is 9.97. The summed E-state index contributed by atoms with van der Waals surface area (Å²) >= 11 is 0. The molecule has 2 atom stereocenters. The van der Waals surface area contributed by atoms with Crippen LogP contribution in [0.15, 0.2) is 0 Å². The van der Waals surface area contributed by atoms with E-state index in [-0.39, 0.29) is 5.54 Å². The van der Waals surface area contributed by atoms with Gasteiger partial charge >= 0.3 is 0 Å². The quantitative estimate of drug-likeness (QED) is 0.576. The predicted molar refractivity (Wildman–Crippen MR) is 56.0 cm³/mol. The highest BCUT2D eigenvalue weighted by Gasteiger charge is 2.46. The maximum atomic E-state index is 11.7. The lowest BCUT2D eigenvalue weighted by molar-refractivity contribution is -0.146. The van der Waals surface area contributed by atoms with Crippen LogP contribution in [0.4, 0.5) is 0 Å². The molecule has 2 saturated heterocycles. The fourth-order valence-electron chi connectivity index (χ4n) is 3.03. The molecule has 2 fully saturated rings. The van der Waals surface area contributed by atoms with Crippen molar-refractivity contribution in [2.24, 2.45) is 5.92 Å². The molecule has 2 aliphatic rings. The molecule has 0 N–H and O–H groups in total. The summed E-state index contributed by atoms with van der Waals surface area (Å²) in [4.78, 5) is 16.0. The van der Waals surface area contributed by atoms with Gasteiger partial charge in [-0.05, 0) is 39.3 Å². The number of carbonyl (C=O) groups is 1. The van der Waals surface area contributed by atoms with Crippen molar-refractivity contribution in [3.63, 3.8) is 0 Å². The molecule has 0 aliphatic carbocycles. The predicted octanol–water partition coefficient (Wildman–Crippen LogP) is 0.949. The van der Waals surface area contributed by atoms with Gasteiger partial charge in [0.2, 0.25) is 5.91 Å². The lowest BCUT2D eigenvalue weighted by Gasteiger charge is -2.53. The number of piperidine rings is 2. The van der Waals surface area contributed by atoms with Crippen molar-refractivity contribution < 1.29 is 4.79 Å². The van der Waals surface area contributed by atoms with Gasteiger partial charge in [-0.25, -0.2) is 0 Å². The van der Waals surface area contributed by atoms with Crippen molar-refractivity contribution >= 4 is 5.91 Å². The summed E-state index contributed by atoms with van der Waals surface area (Å²) in [6, 6.07) is 0. The summed E-state index contributed by atoms with van der Waals surface area (Å²) < 4.78 is 0. The van der Waals surface area contributed by atoms with Crippen molar-refractivity contribution in [3.05, 3.63) is 0 Å². The van der Waals surface area contributed by atoms with Crippen LogP contribution in [0.1, 0.15) is 26.2 Å². The normalized spacial score (nSPS) is 39.8. The highest BCUT2D eigenvalue weighted by Crippen LogP contribution is 2.38. The van der Waals surface area contributed by atoms with Gasteiger partial charge in [-0.15, -0.1) is 0 Å². The highest BCUT2D eigenvalue weighted by atomic mass is 16.2. The van der Waals surface area contributed by atoms with Crippen molar-refractivity contribution in [1.29, 1.82) is 0 Å². The third kappa shape index (κ3) is 1.34. The molecule has 2 aliphatic heterocycles. The van der Waals surface area contributed by atoms with Crippen LogP contribution in [0.25, 0.3) is 0 Å². The lowest BCUT2D eigenvalue weighted by atomic mass is 9.73. The molecule has 2 unspecified atom stereocenters. The van der Waals surface area contributed by atoms with Crippen molar-refractivity contribution in [1.82, 2.24) is 9.80 Å². The molecule has 3 nitrogen and oxygen atoms in total. The largest absolute Gasteiger partial charge is 0.339 e. The number of hydrogen-bond acceptors (Lipinski definition) is 2. The van der Waals surface area contributed by atoms with Crippen molar-refractivity contribution in [2.75, 3.05) is 27.2 Å². The van der Waals surface area contributed by atoms with Gasteiger partial charge in [0.1, 0.15) is 0 Å². The van der Waals surface area contributed by atoms with Gasteiger partial charge in [-0.3, -0.25) is 4.79 Å². The van der Waals surface area contributed by atoms with Crippen LogP contribution in [0.5, 0.6) is 0 Å². The Kier molecular flexibility index (Phi) is 2.30. The Morgan fingerprint density at radius 1 is 1.36 bits per heavy atom. The topological polar surface area (TPSA) is 23.6 Å². The standard InChI is InChI=1S/C11H20N2O/c1-11-8-12(2)7-6-9(11)4-5-10(14)13(11)3/h9H,4-8H2,1-3H3. The molecule has 2 rings (SSSR count). The average molecular weight is 196 g/mol. The van der Waals surface area contributed by atoms with Crippen LogP contribution in [0.3, 0.4) is 0 Å². The first-order valence-corrected chi connectivity index (χ1v) is 5.49. The fourth-order valence-corrected chi connectivity index (χ4v) is 3.03. The first-order chi connectivity index (χ1) is 6.54. The SMILES string of the molecule is CN1CCC2CCC(=O)N(C)C2(C)C1. The minimum atomic E-state index is 0.0856. The monoisotopic (exact) mass is 196 g/mol. The Hall–Kier alpha value is -0.570. The highest BCUT2D eigenvalue weighted by molar-refractivity contribution is 5.77. The average Bonchev–Trinajstić information content (AvgIpc) is 2.13. The van der Waals surface area contributed by atoms with Gasteiger partial charge in [0.25, 0.3) is 0 Å². The van der Waals surface area contributed by atoms with E-state index in [1.165, 1.54) is 13.0 Å². The van der Waals surface area contributed by atoms with E-state index >= 15 is 0 Å². The Morgan fingerprint density at radius 2 is 2.07 bits per heavy atom. The number of hydrogen-bond donors (Lipinski definition) is 0. The molecular weight excluding hydrogens is 176 g/mol. The molecular formula is C11H20N2O. The minimum Gasteiger partial charge on any atom is -0.339 e. The van der Waals surface area contributed by atoms with Crippen molar-refractivity contribution in [3.8, 4) is 0 Å². The summed E-state index contributed by atoms with van der Waals surface area (Å²) in [5, 5.41) is 0. The summed E-state index contributed by atoms with van der Waals surface area (Å²) in [6.45, 7) is 4.45. The second-order valence-electron chi connectivity index (χ2n) is 5.07. The number of likely N-dealkylation sites (tertiary alicyclic amines) is 2. The maximum absolute atomic E-state index is 11.7. The Labute approximate surface area is 86.1 Å². The maximum Gasteiger partial charge on any atom is 0.222 e. The third-order valence-electron chi connectivity index (χ3n) is 4.18. The summed E-state index contributed by atoms with van der Waals surface area (Å²) in [5.74, 6) is 1.03. The molecule has 0 radical (unpaired) electrons. The zero-order valence-corrected chi connectivity index (χ0v) is 9.42. The Morgan fingerprint density at radius 3 is 2.79 bits per heavy atom. The molecule has 0 aromatic heterocycles. The van der Waals surface area contributed by atoms with E-state index < -0.39 is 0 Å². The van der Waals surface area contributed by atoms with E-state index in [0.29, 0.717) is 11.8 Å². The van der Waals surface area contributed by atoms with Gasteiger partial charge in [0.15, 0.2) is 0 Å². The third-order valence-corrected chi connectivity index (χ3v) is 4.18. The van der Waals surface area contributed by atoms with E-state index in [9.17, 15) is 4.79 Å². The second-order valence-corrected chi connectivity index (χ2v) is 5.07. The van der Waals surface area contributed by atoms with Gasteiger partial charge in [0.05, 0.1) is 5.54 Å². The zero-order chi connectivity index (χ0) is 10.3. The molecule has 3 heteroatoms. The summed E-state index contributed by atoms with van der Waals surface area (Å²) in [7, 11) is 4.11. The lowest BCUT2D eigenvalue weighted by Crippen LogP contribution is -2.63. The number of fused-ring (bicyclic) bond motifs is 1. The van der Waals surface area contributed by atoms with Gasteiger partial charge < -0.3 is 9.80 Å². The molecule has 1 amide bonds. The molecule has 0 aromatic carbocycles. The van der Waals surface area contributed by atoms with E-state index in [0.717, 1.165) is 19.4 Å². The van der Waals surface area contributed by atoms with Crippen LogP contribution in [0.2, 0.25) is 0 Å². The van der Waals surface area contributed by atoms with Crippen LogP contribution in [-0.4, -0.2) is 48.4 Å². The van der Waals surface area contributed by atoms with Crippen LogP contribution >= 0.6 is 0 Å². The van der Waals surface area contributed by atoms with Crippen LogP contribution in [0, 0.1) is 5.92 Å². The number of likely N-dealkylation sites (N-methyl/N-ethyl adjacent to an activating group) is 2. The van der Waals surface area contributed by atoms with E-state index in [4.69, 9.17) is 0 Å². The zero-order valence-electron chi connectivity index (χ0n) is 9.42. The number of amides is 1. The van der Waals surface area contributed by atoms with Gasteiger partial charge in [0, 0.05) is 20.0 Å². The van der Waals surface area contributed by atoms with Crippen LogP contribution < -0.4 is 0 Å². The van der Waals surface area contributed by atoms with E-state index in [1.54, 1.807) is 0 Å². The summed E-state index contributed by atoms with van der Waals surface area (Å²) in [5.41, 5.74) is 0.0856. The number of rotatable bonds is 0. The molecule has 0 bridgehead atoms. The second kappa shape index (κ2) is 3.23. The number of carbonyl (C=O) groups excluding carboxylic acids is 1. The summed E-state index contributed by atoms with van der Waals surface area (Å²) in [6.07, 6.45) is 3.08. The minimum absolute atomic E-state index is 0.0856. The van der Waals surface area contributed by atoms with Crippen LogP contribution in [-0.2, 0) is 4.79 Å². The molecule has 0 saturated carbocycles. The first-order valence-electron chi connectivity index (χ1n) is 5.49. The van der Waals surface area contributed by atoms with Gasteiger partial charge in [-0.1, -0.05) is 0 Å². The molecule has 2 heterocycles. The van der Waals surface area contributed by atoms with E-state index in [1.807, 2.05) is 11.9 Å². The van der Waals surface area contributed by atoms with E-state index in [2.05, 4.69) is 18.9 Å². The molecule has 0 spiro atoms. The Bertz CT molecular complexity index is 254. The molecule has 14 heavy (non-hydrogen) atoms. The van der Waals surface area contributed by atoms with Crippen molar-refractivity contribution in [2.45, 2.75) is 31.7 Å². The Balaban J connectivity index is 2.22.